The van der Waals surface area contributed by atoms with Crippen LogP contribution in [0.4, 0.5) is 5.82 Å². The van der Waals surface area contributed by atoms with Gasteiger partial charge in [-0.15, -0.1) is 11.8 Å². The standard InChI is InChI=1S/C13H18N2OS/c1-5-9(3)13(17-4)15-12-10(6-2)7-8-11(16)14-12/h6-9H,2,5H2,1,3-4H3,(H,14,16). The van der Waals surface area contributed by atoms with Gasteiger partial charge >= 0.3 is 0 Å². The van der Waals surface area contributed by atoms with Gasteiger partial charge in [0.1, 0.15) is 5.82 Å². The summed E-state index contributed by atoms with van der Waals surface area (Å²) in [5.41, 5.74) is 0.707. The largest absolute Gasteiger partial charge is 0.307 e. The monoisotopic (exact) mass is 250 g/mol. The number of nitrogens with zero attached hydrogens (tertiary/aromatic N) is 1. The predicted molar refractivity (Wildman–Crippen MR) is 77.2 cm³/mol. The highest BCUT2D eigenvalue weighted by atomic mass is 32.2. The van der Waals surface area contributed by atoms with Crippen molar-refractivity contribution in [1.82, 2.24) is 4.98 Å². The number of hydrogen-bond donors (Lipinski definition) is 1. The lowest BCUT2D eigenvalue weighted by Gasteiger charge is -2.10. The van der Waals surface area contributed by atoms with E-state index in [9.17, 15) is 4.79 Å². The van der Waals surface area contributed by atoms with Crippen molar-refractivity contribution in [2.24, 2.45) is 10.9 Å². The molecule has 1 aromatic rings. The zero-order valence-corrected chi connectivity index (χ0v) is 11.3. The molecule has 0 saturated carbocycles. The first-order valence-electron chi connectivity index (χ1n) is 5.60. The quantitative estimate of drug-likeness (QED) is 0.657. The zero-order chi connectivity index (χ0) is 12.8. The van der Waals surface area contributed by atoms with E-state index >= 15 is 0 Å². The van der Waals surface area contributed by atoms with Crippen molar-refractivity contribution in [3.8, 4) is 0 Å². The average molecular weight is 250 g/mol. The fourth-order valence-corrected chi connectivity index (χ4v) is 2.13. The minimum atomic E-state index is -0.140. The molecule has 1 heterocycles. The first-order valence-corrected chi connectivity index (χ1v) is 6.83. The molecule has 1 unspecified atom stereocenters. The molecule has 0 aliphatic heterocycles. The summed E-state index contributed by atoms with van der Waals surface area (Å²) in [5.74, 6) is 0.989. The van der Waals surface area contributed by atoms with Gasteiger partial charge in [-0.3, -0.25) is 4.79 Å². The number of aromatic amines is 1. The summed E-state index contributed by atoms with van der Waals surface area (Å²) in [6.45, 7) is 7.97. The molecule has 1 aromatic heterocycles. The van der Waals surface area contributed by atoms with Gasteiger partial charge in [0, 0.05) is 17.5 Å². The summed E-state index contributed by atoms with van der Waals surface area (Å²) in [5, 5.41) is 1.03. The van der Waals surface area contributed by atoms with Gasteiger partial charge in [-0.1, -0.05) is 26.5 Å². The highest BCUT2D eigenvalue weighted by Crippen LogP contribution is 2.21. The summed E-state index contributed by atoms with van der Waals surface area (Å²) >= 11 is 1.62. The van der Waals surface area contributed by atoms with E-state index in [0.29, 0.717) is 11.7 Å². The molecule has 1 atom stereocenters. The Bertz CT molecular complexity index is 477. The molecule has 4 heteroatoms. The predicted octanol–water partition coefficient (Wildman–Crippen LogP) is 3.46. The van der Waals surface area contributed by atoms with Crippen LogP contribution in [0, 0.1) is 5.92 Å². The van der Waals surface area contributed by atoms with Gasteiger partial charge in [0.15, 0.2) is 0 Å². The third-order valence-electron chi connectivity index (χ3n) is 2.61. The van der Waals surface area contributed by atoms with E-state index in [2.05, 4.69) is 30.4 Å². The van der Waals surface area contributed by atoms with Crippen LogP contribution < -0.4 is 5.56 Å². The van der Waals surface area contributed by atoms with Gasteiger partial charge in [0.05, 0.1) is 5.04 Å². The van der Waals surface area contributed by atoms with Crippen LogP contribution in [0.1, 0.15) is 25.8 Å². The fourth-order valence-electron chi connectivity index (χ4n) is 1.37. The summed E-state index contributed by atoms with van der Waals surface area (Å²) in [6, 6.07) is 3.22. The molecular formula is C13H18N2OS. The summed E-state index contributed by atoms with van der Waals surface area (Å²) in [4.78, 5) is 18.6. The van der Waals surface area contributed by atoms with Crippen LogP contribution in [-0.4, -0.2) is 16.3 Å². The van der Waals surface area contributed by atoms with E-state index in [1.165, 1.54) is 6.07 Å². The van der Waals surface area contributed by atoms with Crippen molar-refractivity contribution in [1.29, 1.82) is 0 Å². The number of hydrogen-bond acceptors (Lipinski definition) is 3. The van der Waals surface area contributed by atoms with Crippen molar-refractivity contribution in [3.05, 3.63) is 34.6 Å². The molecule has 0 radical (unpaired) electrons. The van der Waals surface area contributed by atoms with Crippen LogP contribution in [0.3, 0.4) is 0 Å². The number of H-pyrrole nitrogens is 1. The van der Waals surface area contributed by atoms with E-state index in [4.69, 9.17) is 0 Å². The Balaban J connectivity index is 3.22. The van der Waals surface area contributed by atoms with Gasteiger partial charge in [0.2, 0.25) is 5.56 Å². The molecule has 0 aromatic carbocycles. The van der Waals surface area contributed by atoms with E-state index in [1.807, 2.05) is 6.26 Å². The maximum absolute atomic E-state index is 11.3. The Labute approximate surface area is 106 Å². The third kappa shape index (κ3) is 3.60. The highest BCUT2D eigenvalue weighted by molar-refractivity contribution is 8.13. The van der Waals surface area contributed by atoms with Gasteiger partial charge in [0.25, 0.3) is 0 Å². The van der Waals surface area contributed by atoms with Gasteiger partial charge in [-0.05, 0) is 18.7 Å². The minimum absolute atomic E-state index is 0.140. The van der Waals surface area contributed by atoms with E-state index in [1.54, 1.807) is 23.9 Å². The summed E-state index contributed by atoms with van der Waals surface area (Å²) in [7, 11) is 0. The molecule has 0 spiro atoms. The van der Waals surface area contributed by atoms with Crippen LogP contribution >= 0.6 is 11.8 Å². The number of aliphatic imine (C=N–C) groups is 1. The smallest absolute Gasteiger partial charge is 0.249 e. The van der Waals surface area contributed by atoms with Crippen molar-refractivity contribution in [2.75, 3.05) is 6.26 Å². The van der Waals surface area contributed by atoms with Crippen LogP contribution in [0.25, 0.3) is 6.08 Å². The molecule has 0 amide bonds. The van der Waals surface area contributed by atoms with E-state index in [-0.39, 0.29) is 5.56 Å². The van der Waals surface area contributed by atoms with Gasteiger partial charge in [-0.2, -0.15) is 0 Å². The van der Waals surface area contributed by atoms with Crippen LogP contribution in [-0.2, 0) is 0 Å². The molecule has 92 valence electrons. The highest BCUT2D eigenvalue weighted by Gasteiger charge is 2.08. The van der Waals surface area contributed by atoms with Crippen LogP contribution in [0.15, 0.2) is 28.5 Å². The molecule has 17 heavy (non-hydrogen) atoms. The van der Waals surface area contributed by atoms with Crippen molar-refractivity contribution < 1.29 is 0 Å². The maximum atomic E-state index is 11.3. The van der Waals surface area contributed by atoms with Crippen molar-refractivity contribution in [2.45, 2.75) is 20.3 Å². The first-order chi connectivity index (χ1) is 8.12. The number of nitrogens with one attached hydrogen (secondary N) is 1. The summed E-state index contributed by atoms with van der Waals surface area (Å²) < 4.78 is 0. The maximum Gasteiger partial charge on any atom is 0.249 e. The Kier molecular flexibility index (Phi) is 5.22. The Hall–Kier alpha value is -1.29. The SMILES string of the molecule is C=Cc1ccc(=O)[nH]c1N=C(SC)C(C)CC. The molecule has 0 bridgehead atoms. The number of rotatable bonds is 4. The second kappa shape index (κ2) is 6.45. The number of pyridine rings is 1. The lowest BCUT2D eigenvalue weighted by Crippen LogP contribution is -2.08. The molecule has 0 fully saturated rings. The van der Waals surface area contributed by atoms with Crippen LogP contribution in [0.5, 0.6) is 0 Å². The van der Waals surface area contributed by atoms with E-state index < -0.39 is 0 Å². The molecule has 0 saturated heterocycles. The third-order valence-corrected chi connectivity index (χ3v) is 3.53. The molecule has 3 nitrogen and oxygen atoms in total. The molecule has 0 aliphatic rings. The topological polar surface area (TPSA) is 45.2 Å². The summed E-state index contributed by atoms with van der Waals surface area (Å²) in [6.07, 6.45) is 4.73. The van der Waals surface area contributed by atoms with Crippen LogP contribution in [0.2, 0.25) is 0 Å². The number of aromatic nitrogens is 1. The molecular weight excluding hydrogens is 232 g/mol. The second-order valence-electron chi connectivity index (χ2n) is 3.79. The zero-order valence-electron chi connectivity index (χ0n) is 10.5. The molecule has 1 rings (SSSR count). The normalized spacial score (nSPS) is 13.5. The minimum Gasteiger partial charge on any atom is -0.307 e. The average Bonchev–Trinajstić information content (AvgIpc) is 2.35. The first kappa shape index (κ1) is 13.8. The lowest BCUT2D eigenvalue weighted by molar-refractivity contribution is 0.749. The van der Waals surface area contributed by atoms with Crippen molar-refractivity contribution in [3.63, 3.8) is 0 Å². The number of thioether (sulfide) groups is 1. The fraction of sp³-hybridized carbons (Fsp3) is 0.385. The van der Waals surface area contributed by atoms with Gasteiger partial charge in [-0.25, -0.2) is 4.99 Å². The second-order valence-corrected chi connectivity index (χ2v) is 4.62. The Morgan fingerprint density at radius 3 is 2.88 bits per heavy atom. The van der Waals surface area contributed by atoms with E-state index in [0.717, 1.165) is 17.0 Å². The Morgan fingerprint density at radius 2 is 2.35 bits per heavy atom. The van der Waals surface area contributed by atoms with Crippen molar-refractivity contribution >= 4 is 28.7 Å². The molecule has 0 aliphatic carbocycles. The molecule has 1 N–H and O–H groups in total. The van der Waals surface area contributed by atoms with Gasteiger partial charge < -0.3 is 4.98 Å². The Morgan fingerprint density at radius 1 is 1.65 bits per heavy atom. The lowest BCUT2D eigenvalue weighted by atomic mass is 10.1.